The number of nitrogens with zero attached hydrogens (tertiary/aromatic N) is 2. The quantitative estimate of drug-likeness (QED) is 0.897. The highest BCUT2D eigenvalue weighted by molar-refractivity contribution is 5.26. The molecule has 0 bridgehead atoms. The van der Waals surface area contributed by atoms with Gasteiger partial charge in [0.2, 0.25) is 0 Å². The highest BCUT2D eigenvalue weighted by atomic mass is 19.1. The van der Waals surface area contributed by atoms with Crippen LogP contribution in [-0.4, -0.2) is 16.6 Å². The average molecular weight is 247 g/mol. The van der Waals surface area contributed by atoms with Crippen LogP contribution < -0.4 is 5.32 Å². The summed E-state index contributed by atoms with van der Waals surface area (Å²) in [6.07, 6.45) is 0.538. The maximum Gasteiger partial charge on any atom is 0.126 e. The lowest BCUT2D eigenvalue weighted by Gasteiger charge is -2.02. The Balaban J connectivity index is 2.30. The molecule has 18 heavy (non-hydrogen) atoms. The first-order valence-electron chi connectivity index (χ1n) is 6.02. The molecule has 1 aromatic heterocycles. The molecule has 0 atom stereocenters. The minimum absolute atomic E-state index is 0.169. The number of hydrogen-bond acceptors (Lipinski definition) is 2. The Labute approximate surface area is 107 Å². The molecule has 0 radical (unpaired) electrons. The van der Waals surface area contributed by atoms with E-state index in [9.17, 15) is 4.39 Å². The lowest BCUT2D eigenvalue weighted by molar-refractivity contribution is 0.613. The molecule has 0 aliphatic carbocycles. The molecule has 2 rings (SSSR count). The molecule has 96 valence electrons. The maximum absolute atomic E-state index is 13.6. The zero-order chi connectivity index (χ0) is 13.1. The molecule has 1 N–H and O–H groups in total. The fourth-order valence-electron chi connectivity index (χ4n) is 2.00. The topological polar surface area (TPSA) is 29.9 Å². The zero-order valence-corrected chi connectivity index (χ0v) is 11.0. The third-order valence-electron chi connectivity index (χ3n) is 3.22. The highest BCUT2D eigenvalue weighted by Crippen LogP contribution is 2.16. The van der Waals surface area contributed by atoms with Gasteiger partial charge in [0, 0.05) is 19.2 Å². The molecule has 0 fully saturated rings. The van der Waals surface area contributed by atoms with Gasteiger partial charge in [-0.15, -0.1) is 0 Å². The van der Waals surface area contributed by atoms with Crippen LogP contribution in [0.3, 0.4) is 0 Å². The van der Waals surface area contributed by atoms with Crippen molar-refractivity contribution in [2.24, 2.45) is 7.05 Å². The summed E-state index contributed by atoms with van der Waals surface area (Å²) < 4.78 is 15.7. The van der Waals surface area contributed by atoms with Crippen LogP contribution in [-0.2, 0) is 20.0 Å². The van der Waals surface area contributed by atoms with Crippen molar-refractivity contribution in [3.8, 4) is 0 Å². The number of imidazole rings is 1. The van der Waals surface area contributed by atoms with Gasteiger partial charge in [-0.25, -0.2) is 9.37 Å². The van der Waals surface area contributed by atoms with Crippen LogP contribution in [0.25, 0.3) is 0 Å². The van der Waals surface area contributed by atoms with Gasteiger partial charge in [-0.1, -0.05) is 18.2 Å². The van der Waals surface area contributed by atoms with E-state index in [4.69, 9.17) is 0 Å². The molecule has 3 nitrogen and oxygen atoms in total. The number of nitrogens with one attached hydrogen (secondary N) is 1. The number of rotatable bonds is 4. The molecular formula is C14H18FN3. The van der Waals surface area contributed by atoms with Crippen molar-refractivity contribution in [1.82, 2.24) is 14.9 Å². The largest absolute Gasteiger partial charge is 0.334 e. The fourth-order valence-corrected chi connectivity index (χ4v) is 2.00. The van der Waals surface area contributed by atoms with Crippen LogP contribution in [0.15, 0.2) is 24.3 Å². The number of halogens is 1. The predicted octanol–water partition coefficient (Wildman–Crippen LogP) is 2.18. The summed E-state index contributed by atoms with van der Waals surface area (Å²) in [5.41, 5.74) is 2.71. The Morgan fingerprint density at radius 2 is 2.06 bits per heavy atom. The third kappa shape index (κ3) is 2.43. The van der Waals surface area contributed by atoms with E-state index in [-0.39, 0.29) is 5.82 Å². The minimum atomic E-state index is -0.169. The summed E-state index contributed by atoms with van der Waals surface area (Å²) >= 11 is 0. The second-order valence-electron chi connectivity index (χ2n) is 4.42. The van der Waals surface area contributed by atoms with E-state index < -0.39 is 0 Å². The van der Waals surface area contributed by atoms with Crippen molar-refractivity contribution in [3.05, 3.63) is 52.9 Å². The van der Waals surface area contributed by atoms with E-state index in [2.05, 4.69) is 10.3 Å². The van der Waals surface area contributed by atoms with Gasteiger partial charge in [-0.2, -0.15) is 0 Å². The molecule has 2 aromatic rings. The fraction of sp³-hybridized carbons (Fsp3) is 0.357. The Morgan fingerprint density at radius 3 is 2.72 bits per heavy atom. The van der Waals surface area contributed by atoms with E-state index in [0.29, 0.717) is 18.5 Å². The normalized spacial score (nSPS) is 10.9. The summed E-state index contributed by atoms with van der Waals surface area (Å²) in [6.45, 7) is 2.73. The lowest BCUT2D eigenvalue weighted by Crippen LogP contribution is -2.10. The van der Waals surface area contributed by atoms with E-state index in [0.717, 1.165) is 17.2 Å². The van der Waals surface area contributed by atoms with Crippen molar-refractivity contribution in [2.45, 2.75) is 19.9 Å². The summed E-state index contributed by atoms with van der Waals surface area (Å²) in [6, 6.07) is 6.85. The molecule has 0 unspecified atom stereocenters. The first kappa shape index (κ1) is 12.8. The standard InChI is InChI=1S/C14H18FN3/c1-10-13(17-14(9-16-2)18(10)3)8-11-6-4-5-7-12(11)15/h4-7,16H,8-9H2,1-3H3. The number of aromatic nitrogens is 2. The molecule has 0 aliphatic rings. The predicted molar refractivity (Wildman–Crippen MR) is 69.9 cm³/mol. The van der Waals surface area contributed by atoms with E-state index in [1.54, 1.807) is 12.1 Å². The molecule has 4 heteroatoms. The number of hydrogen-bond donors (Lipinski definition) is 1. The summed E-state index contributed by atoms with van der Waals surface area (Å²) in [4.78, 5) is 4.57. The lowest BCUT2D eigenvalue weighted by atomic mass is 10.1. The second-order valence-corrected chi connectivity index (χ2v) is 4.42. The van der Waals surface area contributed by atoms with Gasteiger partial charge < -0.3 is 9.88 Å². The first-order chi connectivity index (χ1) is 8.63. The van der Waals surface area contributed by atoms with Crippen molar-refractivity contribution < 1.29 is 4.39 Å². The van der Waals surface area contributed by atoms with Gasteiger partial charge in [-0.05, 0) is 25.6 Å². The van der Waals surface area contributed by atoms with Crippen LogP contribution >= 0.6 is 0 Å². The van der Waals surface area contributed by atoms with Gasteiger partial charge in [0.15, 0.2) is 0 Å². The molecule has 0 amide bonds. The van der Waals surface area contributed by atoms with Crippen LogP contribution in [0.4, 0.5) is 4.39 Å². The SMILES string of the molecule is CNCc1nc(Cc2ccccc2F)c(C)n1C. The summed E-state index contributed by atoms with van der Waals surface area (Å²) in [5.74, 6) is 0.805. The van der Waals surface area contributed by atoms with Gasteiger partial charge in [0.05, 0.1) is 12.2 Å². The molecule has 1 heterocycles. The van der Waals surface area contributed by atoms with E-state index in [1.807, 2.05) is 31.7 Å². The van der Waals surface area contributed by atoms with Crippen molar-refractivity contribution in [1.29, 1.82) is 0 Å². The Morgan fingerprint density at radius 1 is 1.33 bits per heavy atom. The zero-order valence-electron chi connectivity index (χ0n) is 11.0. The third-order valence-corrected chi connectivity index (χ3v) is 3.22. The maximum atomic E-state index is 13.6. The first-order valence-corrected chi connectivity index (χ1v) is 6.02. The Bertz CT molecular complexity index is 546. The minimum Gasteiger partial charge on any atom is -0.334 e. The van der Waals surface area contributed by atoms with E-state index >= 15 is 0 Å². The second kappa shape index (κ2) is 5.31. The molecule has 0 saturated heterocycles. The smallest absolute Gasteiger partial charge is 0.126 e. The molecular weight excluding hydrogens is 229 g/mol. The van der Waals surface area contributed by atoms with Crippen LogP contribution in [0.1, 0.15) is 22.8 Å². The monoisotopic (exact) mass is 247 g/mol. The Hall–Kier alpha value is -1.68. The molecule has 0 aliphatic heterocycles. The van der Waals surface area contributed by atoms with E-state index in [1.165, 1.54) is 6.07 Å². The van der Waals surface area contributed by atoms with Gasteiger partial charge >= 0.3 is 0 Å². The molecule has 0 spiro atoms. The number of benzene rings is 1. The van der Waals surface area contributed by atoms with Crippen LogP contribution in [0.5, 0.6) is 0 Å². The van der Waals surface area contributed by atoms with Crippen molar-refractivity contribution >= 4 is 0 Å². The Kier molecular flexibility index (Phi) is 3.77. The summed E-state index contributed by atoms with van der Waals surface area (Å²) in [7, 11) is 3.88. The van der Waals surface area contributed by atoms with Gasteiger partial charge in [0.25, 0.3) is 0 Å². The molecule has 0 saturated carbocycles. The van der Waals surface area contributed by atoms with Crippen LogP contribution in [0.2, 0.25) is 0 Å². The average Bonchev–Trinajstić information content (AvgIpc) is 2.61. The van der Waals surface area contributed by atoms with Gasteiger partial charge in [-0.3, -0.25) is 0 Å². The van der Waals surface area contributed by atoms with Crippen molar-refractivity contribution in [2.75, 3.05) is 7.05 Å². The highest BCUT2D eigenvalue weighted by Gasteiger charge is 2.12. The van der Waals surface area contributed by atoms with Crippen molar-refractivity contribution in [3.63, 3.8) is 0 Å². The van der Waals surface area contributed by atoms with Gasteiger partial charge in [0.1, 0.15) is 11.6 Å². The molecule has 1 aromatic carbocycles. The van der Waals surface area contributed by atoms with Crippen LogP contribution in [0, 0.1) is 12.7 Å². The summed E-state index contributed by atoms with van der Waals surface area (Å²) in [5, 5.41) is 3.08.